The molecule has 0 fully saturated rings. The molecule has 0 atom stereocenters. The van der Waals surface area contributed by atoms with Gasteiger partial charge < -0.3 is 4.57 Å². The fourth-order valence-electron chi connectivity index (χ4n) is 4.19. The number of hydrogen-bond donors (Lipinski definition) is 0. The number of aromatic nitrogens is 2. The Bertz CT molecular complexity index is 1730. The van der Waals surface area contributed by atoms with Crippen LogP contribution in [-0.2, 0) is 7.05 Å². The second-order valence-corrected chi connectivity index (χ2v) is 7.37. The standard InChI is InChI=1S/C24H15N3O5/c1-25-20-16-10-4-6-12-18(16)26(24(30)17-11-5-7-13-19(17)27(31)32)21(20)22(28)14-8-2-3-9-15(14)23(25)29/h2-13H,1H3. The summed E-state index contributed by atoms with van der Waals surface area (Å²) in [6.45, 7) is 0. The number of nitrogens with zero attached hydrogens (tertiary/aromatic N) is 3. The predicted molar refractivity (Wildman–Crippen MR) is 121 cm³/mol. The molecule has 8 nitrogen and oxygen atoms in total. The average molecular weight is 425 g/mol. The van der Waals surface area contributed by atoms with E-state index >= 15 is 0 Å². The molecular formula is C24H15N3O5. The van der Waals surface area contributed by atoms with Gasteiger partial charge in [-0.2, -0.15) is 0 Å². The molecule has 2 aromatic heterocycles. The molecule has 0 aliphatic heterocycles. The maximum absolute atomic E-state index is 13.7. The third-order valence-corrected chi connectivity index (χ3v) is 5.64. The van der Waals surface area contributed by atoms with Crippen LogP contribution in [0.4, 0.5) is 5.69 Å². The molecule has 0 unspecified atom stereocenters. The van der Waals surface area contributed by atoms with Crippen LogP contribution in [-0.4, -0.2) is 20.0 Å². The van der Waals surface area contributed by atoms with Gasteiger partial charge in [0, 0.05) is 23.9 Å². The topological polar surface area (TPSA) is 104 Å². The molecule has 0 N–H and O–H groups in total. The maximum atomic E-state index is 13.7. The smallest absolute Gasteiger partial charge is 0.282 e. The fraction of sp³-hybridized carbons (Fsp3) is 0.0417. The van der Waals surface area contributed by atoms with Crippen molar-refractivity contribution in [2.24, 2.45) is 7.05 Å². The number of para-hydroxylation sites is 2. The van der Waals surface area contributed by atoms with Crippen molar-refractivity contribution in [1.29, 1.82) is 0 Å². The summed E-state index contributed by atoms with van der Waals surface area (Å²) in [7, 11) is 1.54. The summed E-state index contributed by atoms with van der Waals surface area (Å²) in [6.07, 6.45) is 0. The molecule has 5 rings (SSSR count). The Kier molecular flexibility index (Phi) is 4.23. The van der Waals surface area contributed by atoms with Crippen molar-refractivity contribution >= 4 is 44.3 Å². The van der Waals surface area contributed by atoms with E-state index in [1.54, 1.807) is 49.5 Å². The van der Waals surface area contributed by atoms with Crippen LogP contribution in [0.15, 0.2) is 82.4 Å². The van der Waals surface area contributed by atoms with E-state index in [2.05, 4.69) is 0 Å². The number of hydrogen-bond acceptors (Lipinski definition) is 5. The van der Waals surface area contributed by atoms with Gasteiger partial charge in [0.05, 0.1) is 21.3 Å². The zero-order valence-electron chi connectivity index (χ0n) is 16.8. The normalized spacial score (nSPS) is 11.3. The molecule has 2 heterocycles. The lowest BCUT2D eigenvalue weighted by Gasteiger charge is -2.06. The van der Waals surface area contributed by atoms with Gasteiger partial charge in [-0.15, -0.1) is 0 Å². The zero-order valence-corrected chi connectivity index (χ0v) is 16.8. The molecule has 0 aliphatic rings. The molecule has 8 heteroatoms. The van der Waals surface area contributed by atoms with Crippen molar-refractivity contribution in [3.8, 4) is 0 Å². The van der Waals surface area contributed by atoms with E-state index < -0.39 is 16.3 Å². The number of carbonyl (C=O) groups is 1. The number of nitro benzene ring substituents is 1. The Morgan fingerprint density at radius 2 is 1.41 bits per heavy atom. The minimum atomic E-state index is -0.719. The zero-order chi connectivity index (χ0) is 22.6. The van der Waals surface area contributed by atoms with Crippen LogP contribution in [0.25, 0.3) is 32.7 Å². The minimum Gasteiger partial charge on any atom is -0.309 e. The van der Waals surface area contributed by atoms with Crippen molar-refractivity contribution in [2.75, 3.05) is 0 Å². The van der Waals surface area contributed by atoms with E-state index in [-0.39, 0.29) is 33.1 Å². The van der Waals surface area contributed by atoms with E-state index in [0.29, 0.717) is 16.4 Å². The number of benzene rings is 3. The van der Waals surface area contributed by atoms with Crippen LogP contribution in [0.2, 0.25) is 0 Å². The number of fused-ring (bicyclic) bond motifs is 4. The Balaban J connectivity index is 2.07. The molecule has 0 spiro atoms. The molecule has 0 bridgehead atoms. The number of nitro groups is 1. The molecule has 3 aromatic carbocycles. The van der Waals surface area contributed by atoms with Crippen LogP contribution < -0.4 is 11.0 Å². The van der Waals surface area contributed by atoms with Crippen LogP contribution >= 0.6 is 0 Å². The second kappa shape index (κ2) is 6.98. The van der Waals surface area contributed by atoms with Crippen LogP contribution in [0, 0.1) is 10.1 Å². The van der Waals surface area contributed by atoms with Crippen LogP contribution in [0.3, 0.4) is 0 Å². The molecule has 156 valence electrons. The number of rotatable bonds is 2. The number of aryl methyl sites for hydroxylation is 1. The third kappa shape index (κ3) is 2.59. The highest BCUT2D eigenvalue weighted by Gasteiger charge is 2.26. The second-order valence-electron chi connectivity index (χ2n) is 7.37. The largest absolute Gasteiger partial charge is 0.309 e. The predicted octanol–water partition coefficient (Wildman–Crippen LogP) is 3.60. The lowest BCUT2D eigenvalue weighted by Crippen LogP contribution is -2.17. The van der Waals surface area contributed by atoms with Crippen molar-refractivity contribution in [2.45, 2.75) is 0 Å². The molecular weight excluding hydrogens is 410 g/mol. The lowest BCUT2D eigenvalue weighted by molar-refractivity contribution is -0.385. The molecule has 0 amide bonds. The van der Waals surface area contributed by atoms with Gasteiger partial charge in [-0.25, -0.2) is 0 Å². The first-order valence-corrected chi connectivity index (χ1v) is 9.75. The van der Waals surface area contributed by atoms with Gasteiger partial charge in [0.2, 0.25) is 5.43 Å². The Hall–Kier alpha value is -4.59. The van der Waals surface area contributed by atoms with E-state index in [1.165, 1.54) is 39.5 Å². The van der Waals surface area contributed by atoms with Crippen molar-refractivity contribution in [1.82, 2.24) is 9.13 Å². The SMILES string of the molecule is Cn1c(=O)c2ccccc2c(=O)c2c1c1ccccc1n2C(=O)c1ccccc1[N+](=O)[O-]. The number of carbonyl (C=O) groups excluding carboxylic acids is 1. The fourth-order valence-corrected chi connectivity index (χ4v) is 4.19. The van der Waals surface area contributed by atoms with E-state index in [9.17, 15) is 24.5 Å². The van der Waals surface area contributed by atoms with Gasteiger partial charge in [-0.1, -0.05) is 48.5 Å². The van der Waals surface area contributed by atoms with Crippen molar-refractivity contribution in [3.63, 3.8) is 0 Å². The van der Waals surface area contributed by atoms with E-state index in [1.807, 2.05) is 0 Å². The average Bonchev–Trinajstić information content (AvgIpc) is 3.13. The van der Waals surface area contributed by atoms with Gasteiger partial charge in [0.25, 0.3) is 17.2 Å². The molecule has 32 heavy (non-hydrogen) atoms. The highest BCUT2D eigenvalue weighted by molar-refractivity contribution is 6.16. The van der Waals surface area contributed by atoms with Crippen LogP contribution in [0.1, 0.15) is 10.4 Å². The summed E-state index contributed by atoms with van der Waals surface area (Å²) < 4.78 is 2.53. The van der Waals surface area contributed by atoms with Gasteiger partial charge in [0.1, 0.15) is 11.1 Å². The molecule has 0 aliphatic carbocycles. The Morgan fingerprint density at radius 1 is 0.812 bits per heavy atom. The summed E-state index contributed by atoms with van der Waals surface area (Å²) in [6, 6.07) is 18.8. The minimum absolute atomic E-state index is 0.00449. The Morgan fingerprint density at radius 3 is 2.12 bits per heavy atom. The first-order valence-electron chi connectivity index (χ1n) is 9.75. The quantitative estimate of drug-likeness (QED) is 0.317. The van der Waals surface area contributed by atoms with Gasteiger partial charge in [-0.05, 0) is 18.2 Å². The van der Waals surface area contributed by atoms with Crippen molar-refractivity contribution in [3.05, 3.63) is 109 Å². The Labute approximate surface area is 179 Å². The summed E-state index contributed by atoms with van der Waals surface area (Å²) >= 11 is 0. The third-order valence-electron chi connectivity index (χ3n) is 5.64. The summed E-state index contributed by atoms with van der Waals surface area (Å²) in [4.78, 5) is 51.4. The van der Waals surface area contributed by atoms with E-state index in [4.69, 9.17) is 0 Å². The van der Waals surface area contributed by atoms with Crippen molar-refractivity contribution < 1.29 is 9.72 Å². The molecule has 5 aromatic rings. The summed E-state index contributed by atoms with van der Waals surface area (Å²) in [5, 5.41) is 12.5. The lowest BCUT2D eigenvalue weighted by atomic mass is 10.1. The molecule has 0 saturated carbocycles. The van der Waals surface area contributed by atoms with Crippen LogP contribution in [0.5, 0.6) is 0 Å². The van der Waals surface area contributed by atoms with Gasteiger partial charge >= 0.3 is 0 Å². The highest BCUT2D eigenvalue weighted by atomic mass is 16.6. The first-order chi connectivity index (χ1) is 15.4. The summed E-state index contributed by atoms with van der Waals surface area (Å²) in [5.41, 5.74) is -0.734. The summed E-state index contributed by atoms with van der Waals surface area (Å²) in [5.74, 6) is -0.719. The van der Waals surface area contributed by atoms with Gasteiger partial charge in [-0.3, -0.25) is 29.1 Å². The van der Waals surface area contributed by atoms with Gasteiger partial charge in [0.15, 0.2) is 0 Å². The maximum Gasteiger partial charge on any atom is 0.282 e. The first kappa shape index (κ1) is 19.4. The molecule has 0 radical (unpaired) electrons. The highest BCUT2D eigenvalue weighted by Crippen LogP contribution is 2.29. The monoisotopic (exact) mass is 425 g/mol. The molecule has 0 saturated heterocycles. The van der Waals surface area contributed by atoms with E-state index in [0.717, 1.165) is 0 Å².